The number of sulfonamides is 1. The van der Waals surface area contributed by atoms with Gasteiger partial charge in [0.2, 0.25) is 0 Å². The SMILES string of the molecule is NNc1ncccc1S(=O)(=O)Nc1ncccc1Br. The maximum absolute atomic E-state index is 12.2. The standard InChI is InChI=1S/C10H10BrN5O2S/c11-7-3-1-5-13-9(7)16-19(17,18)8-4-2-6-14-10(8)15-12/h1-6H,12H2,(H,13,16)(H,14,15). The molecular formula is C10H10BrN5O2S. The predicted octanol–water partition coefficient (Wildman–Crippen LogP) is 1.33. The minimum Gasteiger partial charge on any atom is -0.307 e. The minimum atomic E-state index is -3.83. The van der Waals surface area contributed by atoms with Gasteiger partial charge in [0.05, 0.1) is 4.47 Å². The zero-order chi connectivity index (χ0) is 13.9. The smallest absolute Gasteiger partial charge is 0.266 e. The van der Waals surface area contributed by atoms with Crippen LogP contribution in [0.5, 0.6) is 0 Å². The van der Waals surface area contributed by atoms with Crippen LogP contribution in [0.4, 0.5) is 11.6 Å². The second-order valence-corrected chi connectivity index (χ2v) is 5.94. The Kier molecular flexibility index (Phi) is 3.98. The third-order valence-electron chi connectivity index (χ3n) is 2.19. The number of aromatic nitrogens is 2. The van der Waals surface area contributed by atoms with Crippen molar-refractivity contribution in [3.8, 4) is 0 Å². The maximum atomic E-state index is 12.2. The van der Waals surface area contributed by atoms with E-state index >= 15 is 0 Å². The van der Waals surface area contributed by atoms with E-state index in [0.29, 0.717) is 4.47 Å². The molecule has 19 heavy (non-hydrogen) atoms. The van der Waals surface area contributed by atoms with Crippen molar-refractivity contribution in [2.75, 3.05) is 10.1 Å². The average Bonchev–Trinajstić information content (AvgIpc) is 2.41. The van der Waals surface area contributed by atoms with E-state index in [1.807, 2.05) is 0 Å². The van der Waals surface area contributed by atoms with Crippen LogP contribution in [-0.4, -0.2) is 18.4 Å². The summed E-state index contributed by atoms with van der Waals surface area (Å²) in [6.45, 7) is 0. The summed E-state index contributed by atoms with van der Waals surface area (Å²) in [4.78, 5) is 7.72. The van der Waals surface area contributed by atoms with Gasteiger partial charge in [-0.05, 0) is 40.2 Å². The molecule has 0 fully saturated rings. The van der Waals surface area contributed by atoms with Crippen LogP contribution < -0.4 is 16.0 Å². The van der Waals surface area contributed by atoms with Crippen molar-refractivity contribution in [3.05, 3.63) is 41.1 Å². The quantitative estimate of drug-likeness (QED) is 0.570. The first kappa shape index (κ1) is 13.7. The molecule has 0 radical (unpaired) electrons. The topological polar surface area (TPSA) is 110 Å². The Balaban J connectivity index is 2.41. The monoisotopic (exact) mass is 343 g/mol. The first-order valence-electron chi connectivity index (χ1n) is 5.09. The predicted molar refractivity (Wildman–Crippen MR) is 74.8 cm³/mol. The van der Waals surface area contributed by atoms with Gasteiger partial charge in [0.15, 0.2) is 11.6 Å². The fraction of sp³-hybridized carbons (Fsp3) is 0. The van der Waals surface area contributed by atoms with E-state index in [9.17, 15) is 8.42 Å². The van der Waals surface area contributed by atoms with Crippen LogP contribution in [0.15, 0.2) is 46.0 Å². The molecule has 0 bridgehead atoms. The van der Waals surface area contributed by atoms with E-state index in [2.05, 4.69) is 36.0 Å². The van der Waals surface area contributed by atoms with Gasteiger partial charge in [0.1, 0.15) is 4.90 Å². The minimum absolute atomic E-state index is 0.0575. The summed E-state index contributed by atoms with van der Waals surface area (Å²) in [6, 6.07) is 6.25. The fourth-order valence-corrected chi connectivity index (χ4v) is 3.00. The summed E-state index contributed by atoms with van der Waals surface area (Å²) in [5, 5.41) is 0. The lowest BCUT2D eigenvalue weighted by atomic mass is 10.5. The third kappa shape index (κ3) is 3.00. The molecule has 0 saturated heterocycles. The molecule has 100 valence electrons. The Morgan fingerprint density at radius 1 is 1.11 bits per heavy atom. The first-order valence-corrected chi connectivity index (χ1v) is 7.37. The van der Waals surface area contributed by atoms with Gasteiger partial charge >= 0.3 is 0 Å². The molecule has 0 aliphatic carbocycles. The molecule has 0 atom stereocenters. The van der Waals surface area contributed by atoms with Crippen molar-refractivity contribution in [2.24, 2.45) is 5.84 Å². The number of nitrogen functional groups attached to an aromatic ring is 1. The molecule has 0 unspecified atom stereocenters. The van der Waals surface area contributed by atoms with Gasteiger partial charge < -0.3 is 5.43 Å². The van der Waals surface area contributed by atoms with Gasteiger partial charge in [-0.3, -0.25) is 4.72 Å². The lowest BCUT2D eigenvalue weighted by molar-refractivity contribution is 0.601. The molecule has 4 N–H and O–H groups in total. The number of hydrogen-bond acceptors (Lipinski definition) is 6. The van der Waals surface area contributed by atoms with Crippen LogP contribution in [0.3, 0.4) is 0 Å². The second-order valence-electron chi connectivity index (χ2n) is 3.43. The highest BCUT2D eigenvalue weighted by Crippen LogP contribution is 2.24. The number of rotatable bonds is 4. The van der Waals surface area contributed by atoms with Crippen LogP contribution in [0, 0.1) is 0 Å². The highest BCUT2D eigenvalue weighted by molar-refractivity contribution is 9.10. The van der Waals surface area contributed by atoms with E-state index in [1.165, 1.54) is 24.5 Å². The molecule has 2 rings (SSSR count). The van der Waals surface area contributed by atoms with E-state index in [-0.39, 0.29) is 16.5 Å². The normalized spacial score (nSPS) is 11.1. The highest BCUT2D eigenvalue weighted by atomic mass is 79.9. The molecule has 9 heteroatoms. The number of nitrogens with two attached hydrogens (primary N) is 1. The van der Waals surface area contributed by atoms with Crippen molar-refractivity contribution < 1.29 is 8.42 Å². The van der Waals surface area contributed by atoms with Crippen molar-refractivity contribution in [1.29, 1.82) is 0 Å². The van der Waals surface area contributed by atoms with Crippen LogP contribution in [0.2, 0.25) is 0 Å². The van der Waals surface area contributed by atoms with Crippen molar-refractivity contribution in [3.63, 3.8) is 0 Å². The zero-order valence-corrected chi connectivity index (χ0v) is 11.9. The summed E-state index contributed by atoms with van der Waals surface area (Å²) < 4.78 is 27.3. The summed E-state index contributed by atoms with van der Waals surface area (Å²) >= 11 is 3.21. The average molecular weight is 344 g/mol. The van der Waals surface area contributed by atoms with Crippen molar-refractivity contribution in [1.82, 2.24) is 9.97 Å². The molecule has 0 aliphatic heterocycles. The van der Waals surface area contributed by atoms with Crippen LogP contribution >= 0.6 is 15.9 Å². The molecule has 0 saturated carbocycles. The number of nitrogens with zero attached hydrogens (tertiary/aromatic N) is 2. The third-order valence-corrected chi connectivity index (χ3v) is 4.20. The Hall–Kier alpha value is -1.71. The van der Waals surface area contributed by atoms with Crippen LogP contribution in [0.25, 0.3) is 0 Å². The van der Waals surface area contributed by atoms with Gasteiger partial charge in [-0.2, -0.15) is 0 Å². The Morgan fingerprint density at radius 2 is 1.74 bits per heavy atom. The molecule has 2 aromatic heterocycles. The molecule has 0 spiro atoms. The number of hydrogen-bond donors (Lipinski definition) is 3. The van der Waals surface area contributed by atoms with E-state index in [4.69, 9.17) is 5.84 Å². The molecule has 2 aromatic rings. The number of anilines is 2. The second kappa shape index (κ2) is 5.51. The van der Waals surface area contributed by atoms with Gasteiger partial charge in [-0.25, -0.2) is 24.2 Å². The largest absolute Gasteiger partial charge is 0.307 e. The summed E-state index contributed by atoms with van der Waals surface area (Å²) in [5.41, 5.74) is 2.24. The number of pyridine rings is 2. The van der Waals surface area contributed by atoms with Gasteiger partial charge in [-0.1, -0.05) is 0 Å². The molecule has 0 aliphatic rings. The van der Waals surface area contributed by atoms with E-state index < -0.39 is 10.0 Å². The lowest BCUT2D eigenvalue weighted by Crippen LogP contribution is -2.19. The van der Waals surface area contributed by atoms with E-state index in [0.717, 1.165) is 0 Å². The van der Waals surface area contributed by atoms with E-state index in [1.54, 1.807) is 12.1 Å². The number of nitrogens with one attached hydrogen (secondary N) is 2. The fourth-order valence-electron chi connectivity index (χ4n) is 1.36. The molecular weight excluding hydrogens is 334 g/mol. The summed E-state index contributed by atoms with van der Waals surface area (Å²) in [5.74, 6) is 5.49. The Morgan fingerprint density at radius 3 is 2.37 bits per heavy atom. The molecule has 7 nitrogen and oxygen atoms in total. The maximum Gasteiger partial charge on any atom is 0.266 e. The van der Waals surface area contributed by atoms with Gasteiger partial charge in [0.25, 0.3) is 10.0 Å². The summed E-state index contributed by atoms with van der Waals surface area (Å²) in [7, 11) is -3.83. The Bertz CT molecular complexity index is 692. The highest BCUT2D eigenvalue weighted by Gasteiger charge is 2.20. The van der Waals surface area contributed by atoms with Crippen molar-refractivity contribution >= 4 is 37.6 Å². The first-order chi connectivity index (χ1) is 9.04. The lowest BCUT2D eigenvalue weighted by Gasteiger charge is -2.11. The molecule has 2 heterocycles. The van der Waals surface area contributed by atoms with Gasteiger partial charge in [-0.15, -0.1) is 0 Å². The van der Waals surface area contributed by atoms with Crippen LogP contribution in [0.1, 0.15) is 0 Å². The Labute approximate surface area is 118 Å². The van der Waals surface area contributed by atoms with Crippen LogP contribution in [-0.2, 0) is 10.0 Å². The van der Waals surface area contributed by atoms with Gasteiger partial charge in [0, 0.05) is 12.4 Å². The molecule has 0 amide bonds. The van der Waals surface area contributed by atoms with Crippen molar-refractivity contribution in [2.45, 2.75) is 4.90 Å². The molecule has 0 aromatic carbocycles. The summed E-state index contributed by atoms with van der Waals surface area (Å²) in [6.07, 6.45) is 2.92. The number of halogens is 1. The number of hydrazine groups is 1. The zero-order valence-electron chi connectivity index (χ0n) is 9.54.